The smallest absolute Gasteiger partial charge is 0.0558 e. The molecule has 0 aliphatic heterocycles. The summed E-state index contributed by atoms with van der Waals surface area (Å²) in [5, 5.41) is 13.1. The molecule has 20 heavy (non-hydrogen) atoms. The standard InChI is InChI=1S/C17H34N2O/c1-15(2)18-13-17(9-5-6-10-17)14-19(11-12-20)16-7-3-4-8-16/h15-16,18,20H,3-14H2,1-2H3. The van der Waals surface area contributed by atoms with E-state index in [1.165, 1.54) is 57.9 Å². The van der Waals surface area contributed by atoms with Gasteiger partial charge in [-0.3, -0.25) is 4.90 Å². The quantitative estimate of drug-likeness (QED) is 0.718. The van der Waals surface area contributed by atoms with Crippen LogP contribution in [0.5, 0.6) is 0 Å². The highest BCUT2D eigenvalue weighted by Crippen LogP contribution is 2.39. The van der Waals surface area contributed by atoms with Gasteiger partial charge in [-0.1, -0.05) is 39.5 Å². The van der Waals surface area contributed by atoms with Crippen LogP contribution in [0.4, 0.5) is 0 Å². The van der Waals surface area contributed by atoms with Crippen LogP contribution in [-0.4, -0.2) is 48.3 Å². The molecule has 3 heteroatoms. The zero-order valence-electron chi connectivity index (χ0n) is 13.5. The highest BCUT2D eigenvalue weighted by molar-refractivity contribution is 4.92. The number of hydrogen-bond donors (Lipinski definition) is 2. The van der Waals surface area contributed by atoms with E-state index in [1.54, 1.807) is 0 Å². The van der Waals surface area contributed by atoms with Crippen LogP contribution < -0.4 is 5.32 Å². The van der Waals surface area contributed by atoms with Gasteiger partial charge in [0.25, 0.3) is 0 Å². The van der Waals surface area contributed by atoms with Crippen molar-refractivity contribution in [1.29, 1.82) is 0 Å². The largest absolute Gasteiger partial charge is 0.395 e. The summed E-state index contributed by atoms with van der Waals surface area (Å²) in [6.07, 6.45) is 10.9. The number of nitrogens with one attached hydrogen (secondary N) is 1. The Bertz CT molecular complexity index is 268. The fourth-order valence-electron chi connectivity index (χ4n) is 4.16. The van der Waals surface area contributed by atoms with E-state index in [-0.39, 0.29) is 0 Å². The summed E-state index contributed by atoms with van der Waals surface area (Å²) in [7, 11) is 0. The van der Waals surface area contributed by atoms with Crippen molar-refractivity contribution in [2.24, 2.45) is 5.41 Å². The van der Waals surface area contributed by atoms with Gasteiger partial charge >= 0.3 is 0 Å². The van der Waals surface area contributed by atoms with Crippen molar-refractivity contribution < 1.29 is 5.11 Å². The Labute approximate surface area is 125 Å². The third-order valence-corrected chi connectivity index (χ3v) is 5.32. The van der Waals surface area contributed by atoms with Crippen LogP contribution in [0.15, 0.2) is 0 Å². The minimum atomic E-state index is 0.310. The molecule has 0 radical (unpaired) electrons. The van der Waals surface area contributed by atoms with Crippen molar-refractivity contribution in [1.82, 2.24) is 10.2 Å². The fraction of sp³-hybridized carbons (Fsp3) is 1.00. The van der Waals surface area contributed by atoms with Crippen LogP contribution in [0.1, 0.15) is 65.2 Å². The maximum absolute atomic E-state index is 9.42. The normalized spacial score (nSPS) is 23.2. The molecule has 2 aliphatic carbocycles. The third-order valence-electron chi connectivity index (χ3n) is 5.32. The monoisotopic (exact) mass is 282 g/mol. The molecule has 0 aromatic heterocycles. The Morgan fingerprint density at radius 2 is 1.80 bits per heavy atom. The molecule has 118 valence electrons. The molecule has 0 bridgehead atoms. The lowest BCUT2D eigenvalue weighted by atomic mass is 9.84. The first-order chi connectivity index (χ1) is 9.65. The molecular weight excluding hydrogens is 248 g/mol. The number of aliphatic hydroxyl groups excluding tert-OH is 1. The Hall–Kier alpha value is -0.120. The molecule has 0 unspecified atom stereocenters. The summed E-state index contributed by atoms with van der Waals surface area (Å²) >= 11 is 0. The van der Waals surface area contributed by atoms with Gasteiger partial charge in [-0.05, 0) is 31.1 Å². The fourth-order valence-corrected chi connectivity index (χ4v) is 4.16. The van der Waals surface area contributed by atoms with Crippen molar-refractivity contribution in [3.8, 4) is 0 Å². The zero-order chi connectivity index (χ0) is 14.4. The molecule has 2 N–H and O–H groups in total. The molecular formula is C17H34N2O. The number of nitrogens with zero attached hydrogens (tertiary/aromatic N) is 1. The molecule has 3 nitrogen and oxygen atoms in total. The maximum atomic E-state index is 9.42. The van der Waals surface area contributed by atoms with E-state index in [0.29, 0.717) is 18.1 Å². The van der Waals surface area contributed by atoms with Crippen LogP contribution in [0.3, 0.4) is 0 Å². The first kappa shape index (κ1) is 16.3. The molecule has 2 rings (SSSR count). The number of rotatable bonds is 8. The summed E-state index contributed by atoms with van der Waals surface area (Å²) < 4.78 is 0. The van der Waals surface area contributed by atoms with Crippen LogP contribution in [0.25, 0.3) is 0 Å². The summed E-state index contributed by atoms with van der Waals surface area (Å²) in [6, 6.07) is 1.31. The lowest BCUT2D eigenvalue weighted by Crippen LogP contribution is -2.47. The Morgan fingerprint density at radius 3 is 2.35 bits per heavy atom. The van der Waals surface area contributed by atoms with Crippen molar-refractivity contribution in [2.75, 3.05) is 26.2 Å². The van der Waals surface area contributed by atoms with Gasteiger partial charge in [-0.2, -0.15) is 0 Å². The molecule has 0 spiro atoms. The molecule has 2 saturated carbocycles. The van der Waals surface area contributed by atoms with Crippen LogP contribution in [0, 0.1) is 5.41 Å². The predicted molar refractivity (Wildman–Crippen MR) is 85.0 cm³/mol. The molecule has 0 atom stereocenters. The molecule has 0 aromatic rings. The molecule has 0 heterocycles. The van der Waals surface area contributed by atoms with E-state index < -0.39 is 0 Å². The molecule has 2 fully saturated rings. The van der Waals surface area contributed by atoms with E-state index >= 15 is 0 Å². The van der Waals surface area contributed by atoms with E-state index in [2.05, 4.69) is 24.1 Å². The van der Waals surface area contributed by atoms with Crippen molar-refractivity contribution >= 4 is 0 Å². The summed E-state index contributed by atoms with van der Waals surface area (Å²) in [5.41, 5.74) is 0.460. The topological polar surface area (TPSA) is 35.5 Å². The Kier molecular flexibility index (Phi) is 6.31. The number of aliphatic hydroxyl groups is 1. The van der Waals surface area contributed by atoms with Gasteiger partial charge in [0, 0.05) is 31.7 Å². The second-order valence-electron chi connectivity index (χ2n) is 7.38. The number of hydrogen-bond acceptors (Lipinski definition) is 3. The van der Waals surface area contributed by atoms with Crippen LogP contribution in [-0.2, 0) is 0 Å². The molecule has 0 aromatic carbocycles. The second-order valence-corrected chi connectivity index (χ2v) is 7.38. The highest BCUT2D eigenvalue weighted by Gasteiger charge is 2.37. The van der Waals surface area contributed by atoms with Crippen molar-refractivity contribution in [3.63, 3.8) is 0 Å². The van der Waals surface area contributed by atoms with Crippen LogP contribution >= 0.6 is 0 Å². The average Bonchev–Trinajstić information content (AvgIpc) is 3.08. The van der Waals surface area contributed by atoms with Gasteiger partial charge in [-0.25, -0.2) is 0 Å². The van der Waals surface area contributed by atoms with Gasteiger partial charge in [0.2, 0.25) is 0 Å². The van der Waals surface area contributed by atoms with Gasteiger partial charge in [0.15, 0.2) is 0 Å². The summed E-state index contributed by atoms with van der Waals surface area (Å²) in [5.74, 6) is 0. The average molecular weight is 282 g/mol. The van der Waals surface area contributed by atoms with Gasteiger partial charge in [-0.15, -0.1) is 0 Å². The second kappa shape index (κ2) is 7.77. The maximum Gasteiger partial charge on any atom is 0.0558 e. The van der Waals surface area contributed by atoms with Gasteiger partial charge < -0.3 is 10.4 Å². The Balaban J connectivity index is 1.96. The molecule has 0 saturated heterocycles. The Morgan fingerprint density at radius 1 is 1.15 bits per heavy atom. The minimum Gasteiger partial charge on any atom is -0.395 e. The van der Waals surface area contributed by atoms with Crippen LogP contribution in [0.2, 0.25) is 0 Å². The lowest BCUT2D eigenvalue weighted by Gasteiger charge is -2.39. The minimum absolute atomic E-state index is 0.310. The first-order valence-electron chi connectivity index (χ1n) is 8.73. The third kappa shape index (κ3) is 4.44. The van der Waals surface area contributed by atoms with Crippen molar-refractivity contribution in [3.05, 3.63) is 0 Å². The van der Waals surface area contributed by atoms with Gasteiger partial charge in [0.05, 0.1) is 6.61 Å². The molecule has 2 aliphatic rings. The first-order valence-corrected chi connectivity index (χ1v) is 8.73. The van der Waals surface area contributed by atoms with E-state index in [1.807, 2.05) is 0 Å². The van der Waals surface area contributed by atoms with E-state index in [4.69, 9.17) is 0 Å². The predicted octanol–water partition coefficient (Wildman–Crippen LogP) is 2.78. The van der Waals surface area contributed by atoms with Crippen molar-refractivity contribution in [2.45, 2.75) is 77.3 Å². The SMILES string of the molecule is CC(C)NCC1(CN(CCO)C2CCCC2)CCCC1. The van der Waals surface area contributed by atoms with E-state index in [0.717, 1.165) is 19.1 Å². The van der Waals surface area contributed by atoms with E-state index in [9.17, 15) is 5.11 Å². The lowest BCUT2D eigenvalue weighted by molar-refractivity contribution is 0.0881. The summed E-state index contributed by atoms with van der Waals surface area (Å²) in [4.78, 5) is 2.61. The summed E-state index contributed by atoms with van der Waals surface area (Å²) in [6.45, 7) is 8.01. The zero-order valence-corrected chi connectivity index (χ0v) is 13.5. The molecule has 0 amide bonds. The van der Waals surface area contributed by atoms with Gasteiger partial charge in [0.1, 0.15) is 0 Å². The highest BCUT2D eigenvalue weighted by atomic mass is 16.3.